The Labute approximate surface area is 216 Å². The number of hydrogen-bond acceptors (Lipinski definition) is 6. The molecule has 2 heterocycles. The van der Waals surface area contributed by atoms with Crippen LogP contribution in [0.15, 0.2) is 64.9 Å². The molecule has 190 valence electrons. The number of nitrogens with zero attached hydrogens (tertiary/aromatic N) is 2. The molecule has 36 heavy (non-hydrogen) atoms. The summed E-state index contributed by atoms with van der Waals surface area (Å²) in [5.74, 6) is 1.15. The lowest BCUT2D eigenvalue weighted by Gasteiger charge is -2.37. The monoisotopic (exact) mass is 526 g/mol. The minimum absolute atomic E-state index is 0.131. The van der Waals surface area contributed by atoms with Crippen LogP contribution in [-0.4, -0.2) is 56.4 Å². The predicted octanol–water partition coefficient (Wildman–Crippen LogP) is 4.42. The fourth-order valence-electron chi connectivity index (χ4n) is 4.58. The molecule has 1 fully saturated rings. The Hall–Kier alpha value is -2.88. The quantitative estimate of drug-likeness (QED) is 0.413. The Morgan fingerprint density at radius 1 is 1.11 bits per heavy atom. The van der Waals surface area contributed by atoms with Crippen LogP contribution in [-0.2, 0) is 21.2 Å². The number of ether oxygens (including phenoxy) is 2. The van der Waals surface area contributed by atoms with E-state index in [1.165, 1.54) is 9.18 Å². The van der Waals surface area contributed by atoms with E-state index in [9.17, 15) is 13.2 Å². The fraction of sp³-hybridized carbons (Fsp3) is 0.370. The maximum absolute atomic E-state index is 13.7. The molecule has 1 amide bonds. The lowest BCUT2D eigenvalue weighted by Crippen LogP contribution is -2.48. The smallest absolute Gasteiger partial charge is 0.243 e. The Morgan fingerprint density at radius 3 is 2.58 bits per heavy atom. The predicted molar refractivity (Wildman–Crippen MR) is 139 cm³/mol. The highest BCUT2D eigenvalue weighted by Gasteiger charge is 2.41. The molecule has 2 aliphatic rings. The first kappa shape index (κ1) is 24.8. The minimum Gasteiger partial charge on any atom is -0.497 e. The second-order valence-electron chi connectivity index (χ2n) is 9.24. The van der Waals surface area contributed by atoms with Crippen molar-refractivity contribution in [2.45, 2.75) is 43.2 Å². The summed E-state index contributed by atoms with van der Waals surface area (Å²) in [7, 11) is -2.17. The van der Waals surface area contributed by atoms with Crippen LogP contribution in [0.5, 0.6) is 11.5 Å². The van der Waals surface area contributed by atoms with Gasteiger partial charge in [-0.1, -0.05) is 23.8 Å². The number of amides is 1. The molecule has 0 spiro atoms. The van der Waals surface area contributed by atoms with Gasteiger partial charge in [0, 0.05) is 23.5 Å². The first-order chi connectivity index (χ1) is 17.4. The van der Waals surface area contributed by atoms with E-state index in [1.54, 1.807) is 47.6 Å². The molecule has 5 rings (SSSR count). The molecule has 0 radical (unpaired) electrons. The van der Waals surface area contributed by atoms with Crippen molar-refractivity contribution in [3.8, 4) is 11.5 Å². The molecule has 0 saturated heterocycles. The zero-order valence-corrected chi connectivity index (χ0v) is 22.1. The van der Waals surface area contributed by atoms with Gasteiger partial charge in [-0.15, -0.1) is 11.3 Å². The van der Waals surface area contributed by atoms with Gasteiger partial charge in [0.1, 0.15) is 18.1 Å². The molecule has 1 aliphatic heterocycles. The van der Waals surface area contributed by atoms with E-state index in [4.69, 9.17) is 9.47 Å². The topological polar surface area (TPSA) is 76.2 Å². The molecule has 1 saturated carbocycles. The third-order valence-corrected chi connectivity index (χ3v) is 9.65. The van der Waals surface area contributed by atoms with Crippen LogP contribution >= 0.6 is 11.3 Å². The van der Waals surface area contributed by atoms with Crippen molar-refractivity contribution in [2.75, 3.05) is 26.8 Å². The maximum Gasteiger partial charge on any atom is 0.243 e. The number of methoxy groups -OCH3 is 1. The molecule has 1 aromatic heterocycles. The highest BCUT2D eigenvalue weighted by Crippen LogP contribution is 2.36. The number of rotatable bonds is 9. The SMILES string of the molecule is COc1cccc(OCC2c3ccsc3CCN2C(=O)CN(C2CC2)S(=O)(=O)c2ccc(C)cc2)c1. The number of fused-ring (bicyclic) bond motifs is 1. The number of carbonyl (C=O) groups is 1. The van der Waals surface area contributed by atoms with E-state index in [-0.39, 0.29) is 36.0 Å². The molecule has 3 aromatic rings. The molecule has 1 aliphatic carbocycles. The summed E-state index contributed by atoms with van der Waals surface area (Å²) >= 11 is 1.68. The first-order valence-corrected chi connectivity index (χ1v) is 14.4. The van der Waals surface area contributed by atoms with E-state index in [0.29, 0.717) is 18.0 Å². The van der Waals surface area contributed by atoms with Crippen molar-refractivity contribution in [1.82, 2.24) is 9.21 Å². The lowest BCUT2D eigenvalue weighted by atomic mass is 10.0. The van der Waals surface area contributed by atoms with Gasteiger partial charge >= 0.3 is 0 Å². The van der Waals surface area contributed by atoms with Crippen LogP contribution in [0, 0.1) is 6.92 Å². The van der Waals surface area contributed by atoms with E-state index in [2.05, 4.69) is 0 Å². The van der Waals surface area contributed by atoms with Crippen LogP contribution < -0.4 is 9.47 Å². The van der Waals surface area contributed by atoms with Gasteiger partial charge in [0.05, 0.1) is 24.6 Å². The van der Waals surface area contributed by atoms with E-state index < -0.39 is 10.0 Å². The molecule has 2 aromatic carbocycles. The van der Waals surface area contributed by atoms with E-state index in [1.807, 2.05) is 42.6 Å². The number of carbonyl (C=O) groups excluding carboxylic acids is 1. The van der Waals surface area contributed by atoms with Crippen molar-refractivity contribution >= 4 is 27.3 Å². The van der Waals surface area contributed by atoms with Crippen molar-refractivity contribution in [2.24, 2.45) is 0 Å². The van der Waals surface area contributed by atoms with Crippen molar-refractivity contribution in [3.05, 3.63) is 76.0 Å². The van der Waals surface area contributed by atoms with Gasteiger partial charge in [-0.05, 0) is 67.5 Å². The molecule has 1 atom stereocenters. The standard InChI is InChI=1S/C27H30N2O5S2/c1-19-6-10-23(11-7-19)36(31,32)29(20-8-9-20)17-27(30)28-14-12-26-24(13-15-35-26)25(28)18-34-22-5-3-4-21(16-22)33-2/h3-7,10-11,13,15-16,20,25H,8-9,12,14,17-18H2,1-2H3. The highest BCUT2D eigenvalue weighted by atomic mass is 32.2. The van der Waals surface area contributed by atoms with Gasteiger partial charge in [0.25, 0.3) is 0 Å². The summed E-state index contributed by atoms with van der Waals surface area (Å²) in [5, 5.41) is 2.04. The summed E-state index contributed by atoms with van der Waals surface area (Å²) in [5.41, 5.74) is 2.06. The Balaban J connectivity index is 1.37. The Bertz CT molecular complexity index is 1330. The van der Waals surface area contributed by atoms with Gasteiger partial charge < -0.3 is 14.4 Å². The van der Waals surface area contributed by atoms with Crippen molar-refractivity contribution in [1.29, 1.82) is 0 Å². The second kappa shape index (κ2) is 10.2. The number of sulfonamides is 1. The number of hydrogen-bond donors (Lipinski definition) is 0. The van der Waals surface area contributed by atoms with Gasteiger partial charge in [-0.2, -0.15) is 4.31 Å². The van der Waals surface area contributed by atoms with E-state index >= 15 is 0 Å². The molecular weight excluding hydrogens is 496 g/mol. The number of aryl methyl sites for hydroxylation is 1. The fourth-order valence-corrected chi connectivity index (χ4v) is 7.15. The Kier molecular flexibility index (Phi) is 7.05. The molecule has 0 bridgehead atoms. The summed E-state index contributed by atoms with van der Waals surface area (Å²) in [6, 6.07) is 15.8. The summed E-state index contributed by atoms with van der Waals surface area (Å²) in [6.07, 6.45) is 2.30. The van der Waals surface area contributed by atoms with Crippen molar-refractivity contribution < 1.29 is 22.7 Å². The van der Waals surface area contributed by atoms with Gasteiger partial charge in [-0.25, -0.2) is 8.42 Å². The maximum atomic E-state index is 13.7. The van der Waals surface area contributed by atoms with Gasteiger partial charge in [-0.3, -0.25) is 4.79 Å². The van der Waals surface area contributed by atoms with E-state index in [0.717, 1.165) is 30.4 Å². The van der Waals surface area contributed by atoms with Crippen molar-refractivity contribution in [3.63, 3.8) is 0 Å². The zero-order valence-electron chi connectivity index (χ0n) is 20.4. The van der Waals surface area contributed by atoms with Gasteiger partial charge in [0.2, 0.25) is 15.9 Å². The van der Waals surface area contributed by atoms with Crippen LogP contribution in [0.2, 0.25) is 0 Å². The summed E-state index contributed by atoms with van der Waals surface area (Å²) < 4.78 is 39.7. The molecule has 1 unspecified atom stereocenters. The normalized spacial score (nSPS) is 17.6. The lowest BCUT2D eigenvalue weighted by molar-refractivity contribution is -0.135. The average molecular weight is 527 g/mol. The zero-order chi connectivity index (χ0) is 25.3. The largest absolute Gasteiger partial charge is 0.497 e. The molecule has 9 heteroatoms. The van der Waals surface area contributed by atoms with Crippen LogP contribution in [0.25, 0.3) is 0 Å². The van der Waals surface area contributed by atoms with Crippen LogP contribution in [0.4, 0.5) is 0 Å². The third-order valence-electron chi connectivity index (χ3n) is 6.74. The molecule has 7 nitrogen and oxygen atoms in total. The number of thiophene rings is 1. The first-order valence-electron chi connectivity index (χ1n) is 12.1. The highest BCUT2D eigenvalue weighted by molar-refractivity contribution is 7.89. The number of benzene rings is 2. The summed E-state index contributed by atoms with van der Waals surface area (Å²) in [6.45, 7) is 2.55. The summed E-state index contributed by atoms with van der Waals surface area (Å²) in [4.78, 5) is 16.9. The average Bonchev–Trinajstić information content (AvgIpc) is 3.61. The molecular formula is C27H30N2O5S2. The third kappa shape index (κ3) is 5.14. The van der Waals surface area contributed by atoms with Gasteiger partial charge in [0.15, 0.2) is 0 Å². The van der Waals surface area contributed by atoms with Crippen LogP contribution in [0.1, 0.15) is 34.9 Å². The molecule has 0 N–H and O–H groups in total. The second-order valence-corrected chi connectivity index (χ2v) is 12.1. The Morgan fingerprint density at radius 2 is 1.86 bits per heavy atom. The van der Waals surface area contributed by atoms with Crippen LogP contribution in [0.3, 0.4) is 0 Å². The minimum atomic E-state index is -3.78.